The minimum Gasteiger partial charge on any atom is -0.289 e. The number of hydrogen-bond donors (Lipinski definition) is 0. The number of ketones is 1. The molecule has 2 rings (SSSR count). The van der Waals surface area contributed by atoms with Gasteiger partial charge in [-0.05, 0) is 18.1 Å². The van der Waals surface area contributed by atoms with Gasteiger partial charge in [0.1, 0.15) is 0 Å². The third-order valence-electron chi connectivity index (χ3n) is 1.86. The first-order chi connectivity index (χ1) is 5.38. The molecule has 0 aromatic carbocycles. The Bertz CT molecular complexity index is 314. The van der Waals surface area contributed by atoms with E-state index in [1.165, 1.54) is 0 Å². The minimum absolute atomic E-state index is 0.131. The van der Waals surface area contributed by atoms with Gasteiger partial charge in [0.2, 0.25) is 0 Å². The summed E-state index contributed by atoms with van der Waals surface area (Å²) >= 11 is 0. The third-order valence-corrected chi connectivity index (χ3v) is 1.86. The number of rotatable bonds is 0. The molecule has 0 saturated heterocycles. The molecule has 1 nitrogen and oxygen atoms in total. The van der Waals surface area contributed by atoms with Crippen molar-refractivity contribution >= 4 is 5.78 Å². The monoisotopic (exact) mass is 144 g/mol. The van der Waals surface area contributed by atoms with E-state index < -0.39 is 0 Å². The molecule has 2 aliphatic rings. The highest BCUT2D eigenvalue weighted by Gasteiger charge is 2.13. The lowest BCUT2D eigenvalue weighted by molar-refractivity contribution is -0.111. The topological polar surface area (TPSA) is 17.1 Å². The first-order valence-corrected chi connectivity index (χ1v) is 3.68. The first kappa shape index (κ1) is 6.35. The van der Waals surface area contributed by atoms with E-state index >= 15 is 0 Å². The van der Waals surface area contributed by atoms with Gasteiger partial charge < -0.3 is 0 Å². The molecule has 54 valence electrons. The highest BCUT2D eigenvalue weighted by Crippen LogP contribution is 2.21. The van der Waals surface area contributed by atoms with Crippen molar-refractivity contribution in [3.05, 3.63) is 47.6 Å². The van der Waals surface area contributed by atoms with E-state index in [1.807, 2.05) is 18.2 Å². The zero-order valence-corrected chi connectivity index (χ0v) is 6.08. The van der Waals surface area contributed by atoms with Crippen molar-refractivity contribution < 1.29 is 4.79 Å². The number of hydrogen-bond acceptors (Lipinski definition) is 1. The van der Waals surface area contributed by atoms with Crippen LogP contribution in [0.1, 0.15) is 6.42 Å². The molecule has 1 heteroatoms. The van der Waals surface area contributed by atoms with Crippen LogP contribution in [0, 0.1) is 0 Å². The Hall–Kier alpha value is -1.37. The highest BCUT2D eigenvalue weighted by atomic mass is 16.1. The Morgan fingerprint density at radius 2 is 2.18 bits per heavy atom. The van der Waals surface area contributed by atoms with Crippen molar-refractivity contribution in [2.24, 2.45) is 0 Å². The maximum atomic E-state index is 11.2. The van der Waals surface area contributed by atoms with Crippen LogP contribution in [0.25, 0.3) is 0 Å². The van der Waals surface area contributed by atoms with Crippen LogP contribution in [-0.2, 0) is 4.79 Å². The summed E-state index contributed by atoms with van der Waals surface area (Å²) in [5.74, 6) is 0.131. The molecule has 0 aromatic rings. The van der Waals surface area contributed by atoms with Crippen molar-refractivity contribution in [1.29, 1.82) is 0 Å². The van der Waals surface area contributed by atoms with Gasteiger partial charge in [0, 0.05) is 5.57 Å². The van der Waals surface area contributed by atoms with Crippen molar-refractivity contribution in [1.82, 2.24) is 0 Å². The summed E-state index contributed by atoms with van der Waals surface area (Å²) in [6.07, 6.45) is 12.3. The van der Waals surface area contributed by atoms with Crippen LogP contribution in [0.5, 0.6) is 0 Å². The molecule has 0 N–H and O–H groups in total. The number of carbonyl (C=O) groups excluding carboxylic acids is 1. The molecule has 0 unspecified atom stereocenters. The summed E-state index contributed by atoms with van der Waals surface area (Å²) < 4.78 is 0. The molecule has 11 heavy (non-hydrogen) atoms. The molecule has 0 heterocycles. The fourth-order valence-corrected chi connectivity index (χ4v) is 1.31. The first-order valence-electron chi connectivity index (χ1n) is 3.68. The van der Waals surface area contributed by atoms with Crippen LogP contribution < -0.4 is 0 Å². The van der Waals surface area contributed by atoms with Crippen molar-refractivity contribution in [2.45, 2.75) is 6.42 Å². The Balaban J connectivity index is 2.48. The van der Waals surface area contributed by atoms with Gasteiger partial charge in [0.05, 0.1) is 0 Å². The van der Waals surface area contributed by atoms with Gasteiger partial charge in [-0.2, -0.15) is 0 Å². The summed E-state index contributed by atoms with van der Waals surface area (Å²) in [6.45, 7) is 0. The Morgan fingerprint density at radius 3 is 3.00 bits per heavy atom. The maximum absolute atomic E-state index is 11.2. The molecule has 0 fully saturated rings. The molecular weight excluding hydrogens is 136 g/mol. The fourth-order valence-electron chi connectivity index (χ4n) is 1.31. The molecule has 0 radical (unpaired) electrons. The van der Waals surface area contributed by atoms with Crippen LogP contribution in [-0.4, -0.2) is 5.78 Å². The van der Waals surface area contributed by atoms with Gasteiger partial charge in [0.15, 0.2) is 5.78 Å². The van der Waals surface area contributed by atoms with E-state index in [2.05, 4.69) is 6.08 Å². The molecular formula is C10H8O. The average molecular weight is 144 g/mol. The molecule has 0 aromatic heterocycles. The quantitative estimate of drug-likeness (QED) is 0.507. The average Bonchev–Trinajstić information content (AvgIpc) is 2.06. The van der Waals surface area contributed by atoms with E-state index in [-0.39, 0.29) is 5.78 Å². The Kier molecular flexibility index (Phi) is 1.35. The summed E-state index contributed by atoms with van der Waals surface area (Å²) in [6, 6.07) is 0. The van der Waals surface area contributed by atoms with E-state index in [0.29, 0.717) is 0 Å². The molecule has 0 saturated carbocycles. The predicted molar refractivity (Wildman–Crippen MR) is 44.1 cm³/mol. The molecule has 0 amide bonds. The lowest BCUT2D eigenvalue weighted by Crippen LogP contribution is -2.05. The summed E-state index contributed by atoms with van der Waals surface area (Å²) in [5, 5.41) is 0. The normalized spacial score (nSPS) is 20.9. The van der Waals surface area contributed by atoms with Crippen LogP contribution in [0.2, 0.25) is 0 Å². The SMILES string of the molecule is O=C1C=CC=C2C=CCC=C12. The molecule has 0 spiro atoms. The van der Waals surface area contributed by atoms with Gasteiger partial charge in [-0.15, -0.1) is 0 Å². The van der Waals surface area contributed by atoms with Crippen molar-refractivity contribution in [2.75, 3.05) is 0 Å². The van der Waals surface area contributed by atoms with Crippen molar-refractivity contribution in [3.8, 4) is 0 Å². The maximum Gasteiger partial charge on any atom is 0.186 e. The van der Waals surface area contributed by atoms with Gasteiger partial charge >= 0.3 is 0 Å². The van der Waals surface area contributed by atoms with Crippen LogP contribution in [0.15, 0.2) is 47.6 Å². The number of allylic oxidation sites excluding steroid dienone is 8. The Labute approximate surface area is 65.4 Å². The number of carbonyl (C=O) groups is 1. The second-order valence-corrected chi connectivity index (χ2v) is 2.60. The zero-order valence-electron chi connectivity index (χ0n) is 6.08. The van der Waals surface area contributed by atoms with E-state index in [1.54, 1.807) is 12.2 Å². The van der Waals surface area contributed by atoms with Gasteiger partial charge in [-0.1, -0.05) is 30.4 Å². The molecule has 0 bridgehead atoms. The summed E-state index contributed by atoms with van der Waals surface area (Å²) in [7, 11) is 0. The van der Waals surface area contributed by atoms with Crippen molar-refractivity contribution in [3.63, 3.8) is 0 Å². The van der Waals surface area contributed by atoms with Gasteiger partial charge in [-0.3, -0.25) is 4.79 Å². The van der Waals surface area contributed by atoms with Crippen LogP contribution in [0.3, 0.4) is 0 Å². The Morgan fingerprint density at radius 1 is 1.27 bits per heavy atom. The molecule has 0 aliphatic heterocycles. The smallest absolute Gasteiger partial charge is 0.186 e. The van der Waals surface area contributed by atoms with Crippen LogP contribution in [0.4, 0.5) is 0 Å². The molecule has 2 aliphatic carbocycles. The largest absolute Gasteiger partial charge is 0.289 e. The van der Waals surface area contributed by atoms with E-state index in [0.717, 1.165) is 17.6 Å². The number of fused-ring (bicyclic) bond motifs is 1. The lowest BCUT2D eigenvalue weighted by atomic mass is 9.92. The zero-order chi connectivity index (χ0) is 7.68. The summed E-state index contributed by atoms with van der Waals surface area (Å²) in [4.78, 5) is 11.2. The fraction of sp³-hybridized carbons (Fsp3) is 0.100. The van der Waals surface area contributed by atoms with Crippen LogP contribution >= 0.6 is 0 Å². The standard InChI is InChI=1S/C10H8O/c11-10-7-3-5-8-4-1-2-6-9(8)10/h1,3-7H,2H2. The highest BCUT2D eigenvalue weighted by molar-refractivity contribution is 6.09. The van der Waals surface area contributed by atoms with Gasteiger partial charge in [-0.25, -0.2) is 0 Å². The van der Waals surface area contributed by atoms with Gasteiger partial charge in [0.25, 0.3) is 0 Å². The summed E-state index contributed by atoms with van der Waals surface area (Å²) in [5.41, 5.74) is 1.90. The van der Waals surface area contributed by atoms with E-state index in [9.17, 15) is 4.79 Å². The minimum atomic E-state index is 0.131. The third kappa shape index (κ3) is 0.984. The lowest BCUT2D eigenvalue weighted by Gasteiger charge is -2.11. The second kappa shape index (κ2) is 2.35. The predicted octanol–water partition coefficient (Wildman–Crippen LogP) is 1.94. The second-order valence-electron chi connectivity index (χ2n) is 2.60. The van der Waals surface area contributed by atoms with E-state index in [4.69, 9.17) is 0 Å². The molecule has 0 atom stereocenters.